The van der Waals surface area contributed by atoms with Gasteiger partial charge in [0.1, 0.15) is 5.75 Å². The molecule has 0 fully saturated rings. The van der Waals surface area contributed by atoms with Gasteiger partial charge in [-0.3, -0.25) is 4.79 Å². The van der Waals surface area contributed by atoms with Gasteiger partial charge in [0.2, 0.25) is 0 Å². The predicted octanol–water partition coefficient (Wildman–Crippen LogP) is 3.12. The van der Waals surface area contributed by atoms with Gasteiger partial charge in [0.05, 0.1) is 5.60 Å². The minimum atomic E-state index is -1.04. The molecule has 0 radical (unpaired) electrons. The zero-order chi connectivity index (χ0) is 16.8. The maximum Gasteiger partial charge on any atom is 0.263 e. The van der Waals surface area contributed by atoms with E-state index in [0.717, 1.165) is 5.75 Å². The summed E-state index contributed by atoms with van der Waals surface area (Å²) in [6, 6.07) is 6.84. The largest absolute Gasteiger partial charge is 0.478 e. The first-order chi connectivity index (χ1) is 10.2. The first kappa shape index (κ1) is 19.1. The van der Waals surface area contributed by atoms with E-state index in [1.165, 1.54) is 0 Å². The van der Waals surface area contributed by atoms with Gasteiger partial charge >= 0.3 is 0 Å². The maximum atomic E-state index is 12.3. The molecule has 4 nitrogen and oxygen atoms in total. The van der Waals surface area contributed by atoms with Gasteiger partial charge in [-0.15, -0.1) is 0 Å². The maximum absolute atomic E-state index is 12.3. The molecule has 1 atom stereocenters. The van der Waals surface area contributed by atoms with Crippen LogP contribution in [0.1, 0.15) is 27.2 Å². The van der Waals surface area contributed by atoms with Gasteiger partial charge in [-0.25, -0.2) is 0 Å². The number of nitrogens with one attached hydrogen (secondary N) is 1. The van der Waals surface area contributed by atoms with Crippen LogP contribution in [0.5, 0.6) is 5.75 Å². The van der Waals surface area contributed by atoms with Crippen molar-refractivity contribution in [3.05, 3.63) is 29.3 Å². The molecule has 0 saturated heterocycles. The summed E-state index contributed by atoms with van der Waals surface area (Å²) in [5, 5.41) is 13.6. The number of benzene rings is 1. The zero-order valence-electron chi connectivity index (χ0n) is 13.5. The van der Waals surface area contributed by atoms with Crippen LogP contribution >= 0.6 is 23.4 Å². The number of hydrogen-bond donors (Lipinski definition) is 2. The van der Waals surface area contributed by atoms with Crippen LogP contribution in [0.3, 0.4) is 0 Å². The first-order valence-electron chi connectivity index (χ1n) is 7.10. The lowest BCUT2D eigenvalue weighted by atomic mass is 10.0. The average Bonchev–Trinajstić information content (AvgIpc) is 2.45. The molecule has 1 aromatic rings. The van der Waals surface area contributed by atoms with E-state index in [-0.39, 0.29) is 12.5 Å². The van der Waals surface area contributed by atoms with Crippen LogP contribution in [-0.2, 0) is 4.79 Å². The number of ether oxygens (including phenoxy) is 1. The topological polar surface area (TPSA) is 58.6 Å². The van der Waals surface area contributed by atoms with Crippen molar-refractivity contribution in [1.82, 2.24) is 5.32 Å². The summed E-state index contributed by atoms with van der Waals surface area (Å²) < 4.78 is 5.71. The highest BCUT2D eigenvalue weighted by atomic mass is 35.5. The second-order valence-corrected chi connectivity index (χ2v) is 7.41. The van der Waals surface area contributed by atoms with Crippen molar-refractivity contribution in [2.75, 3.05) is 18.6 Å². The number of amides is 1. The minimum absolute atomic E-state index is 0.194. The molecule has 1 aromatic carbocycles. The molecule has 22 heavy (non-hydrogen) atoms. The average molecular weight is 346 g/mol. The van der Waals surface area contributed by atoms with Crippen LogP contribution in [0.25, 0.3) is 0 Å². The number of rotatable bonds is 8. The standard InChI is InChI=1S/C16H24ClNO3S/c1-15(2,21-13-7-5-12(17)6-8-13)14(19)18-11-16(3,20)9-10-22-4/h5-8,20H,9-11H2,1-4H3,(H,18,19)/t16-/m1/s1. The highest BCUT2D eigenvalue weighted by Crippen LogP contribution is 2.21. The van der Waals surface area contributed by atoms with Crippen LogP contribution < -0.4 is 10.1 Å². The van der Waals surface area contributed by atoms with Crippen LogP contribution in [0.2, 0.25) is 5.02 Å². The molecule has 0 bridgehead atoms. The van der Waals surface area contributed by atoms with Crippen molar-refractivity contribution in [3.63, 3.8) is 0 Å². The van der Waals surface area contributed by atoms with Crippen molar-refractivity contribution in [1.29, 1.82) is 0 Å². The Morgan fingerprint density at radius 3 is 2.45 bits per heavy atom. The number of thioether (sulfide) groups is 1. The van der Waals surface area contributed by atoms with E-state index >= 15 is 0 Å². The van der Waals surface area contributed by atoms with Crippen molar-refractivity contribution < 1.29 is 14.6 Å². The summed E-state index contributed by atoms with van der Waals surface area (Å²) in [5.41, 5.74) is -1.96. The Kier molecular flexibility index (Phi) is 7.03. The van der Waals surface area contributed by atoms with Crippen LogP contribution in [0.4, 0.5) is 0 Å². The lowest BCUT2D eigenvalue weighted by Crippen LogP contribution is -2.51. The normalized spacial score (nSPS) is 14.3. The van der Waals surface area contributed by atoms with E-state index in [1.807, 2.05) is 6.26 Å². The molecular formula is C16H24ClNO3S. The molecule has 1 amide bonds. The summed E-state index contributed by atoms with van der Waals surface area (Å²) in [5.74, 6) is 1.14. The number of aliphatic hydroxyl groups is 1. The highest BCUT2D eigenvalue weighted by Gasteiger charge is 2.31. The van der Waals surface area contributed by atoms with Gasteiger partial charge in [0.15, 0.2) is 5.60 Å². The van der Waals surface area contributed by atoms with E-state index in [2.05, 4.69) is 5.32 Å². The summed E-state index contributed by atoms with van der Waals surface area (Å²) in [7, 11) is 0. The Hall–Kier alpha value is -0.910. The molecule has 0 heterocycles. The monoisotopic (exact) mass is 345 g/mol. The van der Waals surface area contributed by atoms with Gasteiger partial charge in [0, 0.05) is 11.6 Å². The summed E-state index contributed by atoms with van der Waals surface area (Å²) >= 11 is 7.49. The third-order valence-corrected chi connectivity index (χ3v) is 4.07. The van der Waals surface area contributed by atoms with Crippen molar-refractivity contribution in [3.8, 4) is 5.75 Å². The van der Waals surface area contributed by atoms with E-state index in [9.17, 15) is 9.90 Å². The summed E-state index contributed by atoms with van der Waals surface area (Å²) in [4.78, 5) is 12.3. The van der Waals surface area contributed by atoms with Gasteiger partial charge < -0.3 is 15.2 Å². The van der Waals surface area contributed by atoms with Gasteiger partial charge in [-0.2, -0.15) is 11.8 Å². The fraction of sp³-hybridized carbons (Fsp3) is 0.562. The van der Waals surface area contributed by atoms with Crippen LogP contribution in [0, 0.1) is 0 Å². The Morgan fingerprint density at radius 1 is 1.32 bits per heavy atom. The molecule has 0 spiro atoms. The second-order valence-electron chi connectivity index (χ2n) is 5.99. The summed E-state index contributed by atoms with van der Waals surface area (Å²) in [6.07, 6.45) is 2.60. The smallest absolute Gasteiger partial charge is 0.263 e. The van der Waals surface area contributed by atoms with E-state index in [1.54, 1.807) is 56.8 Å². The Morgan fingerprint density at radius 2 is 1.91 bits per heavy atom. The van der Waals surface area contributed by atoms with Crippen molar-refractivity contribution in [2.24, 2.45) is 0 Å². The highest BCUT2D eigenvalue weighted by molar-refractivity contribution is 7.98. The molecule has 1 rings (SSSR count). The Bertz CT molecular complexity index is 489. The number of carbonyl (C=O) groups is 1. The van der Waals surface area contributed by atoms with Crippen LogP contribution in [-0.4, -0.2) is 40.8 Å². The molecule has 0 unspecified atom stereocenters. The van der Waals surface area contributed by atoms with Crippen molar-refractivity contribution >= 4 is 29.3 Å². The fourth-order valence-electron chi connectivity index (χ4n) is 1.74. The zero-order valence-corrected chi connectivity index (χ0v) is 15.1. The number of hydrogen-bond acceptors (Lipinski definition) is 4. The Balaban J connectivity index is 2.57. The summed E-state index contributed by atoms with van der Waals surface area (Å²) in [6.45, 7) is 5.29. The quantitative estimate of drug-likeness (QED) is 0.760. The lowest BCUT2D eigenvalue weighted by molar-refractivity contribution is -0.135. The molecule has 0 aliphatic rings. The molecule has 2 N–H and O–H groups in total. The van der Waals surface area contributed by atoms with Crippen LogP contribution in [0.15, 0.2) is 24.3 Å². The second kappa shape index (κ2) is 8.09. The molecule has 124 valence electrons. The van der Waals surface area contributed by atoms with E-state index in [4.69, 9.17) is 16.3 Å². The minimum Gasteiger partial charge on any atom is -0.478 e. The molecule has 6 heteroatoms. The third kappa shape index (κ3) is 6.46. The van der Waals surface area contributed by atoms with Gasteiger partial charge in [0.25, 0.3) is 5.91 Å². The molecule has 0 aliphatic heterocycles. The molecule has 0 saturated carbocycles. The van der Waals surface area contributed by atoms with Gasteiger partial charge in [-0.05, 0) is 63.5 Å². The van der Waals surface area contributed by atoms with Crippen molar-refractivity contribution in [2.45, 2.75) is 38.4 Å². The third-order valence-electron chi connectivity index (χ3n) is 3.21. The molecule has 0 aromatic heterocycles. The predicted molar refractivity (Wildman–Crippen MR) is 92.8 cm³/mol. The van der Waals surface area contributed by atoms with E-state index < -0.39 is 11.2 Å². The first-order valence-corrected chi connectivity index (χ1v) is 8.88. The van der Waals surface area contributed by atoms with Gasteiger partial charge in [-0.1, -0.05) is 11.6 Å². The number of carbonyl (C=O) groups excluding carboxylic acids is 1. The molecular weight excluding hydrogens is 322 g/mol. The lowest BCUT2D eigenvalue weighted by Gasteiger charge is -2.28. The number of halogens is 1. The fourth-order valence-corrected chi connectivity index (χ4v) is 2.51. The van der Waals surface area contributed by atoms with E-state index in [0.29, 0.717) is 17.2 Å². The SMILES string of the molecule is CSCC[C@@](C)(O)CNC(=O)C(C)(C)Oc1ccc(Cl)cc1. The Labute approximate surface area is 141 Å². The molecule has 0 aliphatic carbocycles.